The first kappa shape index (κ1) is 106. The van der Waals surface area contributed by atoms with Crippen molar-refractivity contribution in [2.24, 2.45) is 0 Å². The number of hydrogen-bond acceptors (Lipinski definition) is 23. The molecule has 11 aromatic heterocycles. The summed E-state index contributed by atoms with van der Waals surface area (Å²) in [6.07, 6.45) is 44.8. The number of benzene rings is 5. The van der Waals surface area contributed by atoms with Crippen molar-refractivity contribution in [2.75, 3.05) is 85.7 Å². The first-order chi connectivity index (χ1) is 72.8. The van der Waals surface area contributed by atoms with Crippen molar-refractivity contribution >= 4 is 137 Å². The SMILES string of the molecule is CCC(CC)n1ccc2cnc(Nc3ccc(C(=O)N4CCOCC4)cc3)nc21.CCC(CC)n1ccc2cnc(Nc3ccc(C(=O)NC4CCCC4)cc3)nc21.CCC(CC)n1ccc2cnc(Nc3ccc(C4CCCN(C(=O)CC#N)C4)cc3)nc21.CCC(CC)n1ccc2cnc(Nc3ccc(C4CCCN(C(C)=O)C4)cc3)nc21.CCC(CC)n1ccc2cnc(Nc3cccc(OCCn4ccnc4)c3)nc21. The van der Waals surface area contributed by atoms with Crippen molar-refractivity contribution in [3.05, 3.63) is 255 Å². The van der Waals surface area contributed by atoms with E-state index in [1.54, 1.807) is 19.4 Å². The van der Waals surface area contributed by atoms with Crippen LogP contribution >= 0.6 is 0 Å². The lowest BCUT2D eigenvalue weighted by Gasteiger charge is -2.32. The van der Waals surface area contributed by atoms with E-state index < -0.39 is 0 Å². The van der Waals surface area contributed by atoms with Crippen LogP contribution in [0.15, 0.2) is 232 Å². The summed E-state index contributed by atoms with van der Waals surface area (Å²) < 4.78 is 24.4. The number of nitriles is 1. The third-order valence-corrected chi connectivity index (χ3v) is 29.2. The van der Waals surface area contributed by atoms with Gasteiger partial charge in [0.25, 0.3) is 11.8 Å². The number of aromatic nitrogens is 17. The van der Waals surface area contributed by atoms with E-state index in [1.165, 1.54) is 24.0 Å². The van der Waals surface area contributed by atoms with Crippen LogP contribution in [-0.4, -0.2) is 186 Å². The van der Waals surface area contributed by atoms with Gasteiger partial charge in [-0.1, -0.05) is 112 Å². The predicted octanol–water partition coefficient (Wildman–Crippen LogP) is 24.4. The number of carbonyl (C=O) groups excluding carboxylic acids is 4. The minimum absolute atomic E-state index is 0.00381. The summed E-state index contributed by atoms with van der Waals surface area (Å²) >= 11 is 0. The van der Waals surface area contributed by atoms with Crippen molar-refractivity contribution < 1.29 is 28.7 Å². The third kappa shape index (κ3) is 27.3. The van der Waals surface area contributed by atoms with E-state index in [0.717, 1.165) is 218 Å². The van der Waals surface area contributed by atoms with Gasteiger partial charge in [0.1, 0.15) is 47.0 Å². The zero-order valence-corrected chi connectivity index (χ0v) is 87.9. The molecule has 0 bridgehead atoms. The lowest BCUT2D eigenvalue weighted by Crippen LogP contribution is -2.40. The highest BCUT2D eigenvalue weighted by Crippen LogP contribution is 2.36. The molecule has 33 heteroatoms. The lowest BCUT2D eigenvalue weighted by atomic mass is 9.90. The molecule has 0 spiro atoms. The van der Waals surface area contributed by atoms with Crippen LogP contribution in [0.3, 0.4) is 0 Å². The van der Waals surface area contributed by atoms with Gasteiger partial charge < -0.3 is 83.5 Å². The lowest BCUT2D eigenvalue weighted by molar-refractivity contribution is -0.131. The van der Waals surface area contributed by atoms with Crippen LogP contribution < -0.4 is 36.6 Å². The minimum Gasteiger partial charge on any atom is -0.492 e. The van der Waals surface area contributed by atoms with Gasteiger partial charge >= 0.3 is 0 Å². The largest absolute Gasteiger partial charge is 0.492 e. The Morgan fingerprint density at radius 1 is 0.409 bits per heavy atom. The highest BCUT2D eigenvalue weighted by molar-refractivity contribution is 5.96. The van der Waals surface area contributed by atoms with Gasteiger partial charge in [0.15, 0.2) is 0 Å². The zero-order chi connectivity index (χ0) is 104. The van der Waals surface area contributed by atoms with E-state index in [2.05, 4.69) is 252 Å². The molecular formula is C116H143N27O6. The molecule has 778 valence electrons. The maximum absolute atomic E-state index is 12.6. The molecule has 33 nitrogen and oxygen atoms in total. The summed E-state index contributed by atoms with van der Waals surface area (Å²) in [7, 11) is 0. The molecule has 5 aromatic carbocycles. The van der Waals surface area contributed by atoms with Crippen LogP contribution in [-0.2, 0) is 20.9 Å². The van der Waals surface area contributed by atoms with Crippen LogP contribution in [0.25, 0.3) is 55.2 Å². The summed E-state index contributed by atoms with van der Waals surface area (Å²) in [6, 6.07) is 54.4. The van der Waals surface area contributed by atoms with E-state index in [0.29, 0.717) is 128 Å². The molecule has 4 amide bonds. The monoisotopic (exact) mass is 2010 g/mol. The molecule has 6 N–H and O–H groups in total. The smallest absolute Gasteiger partial charge is 0.254 e. The van der Waals surface area contributed by atoms with Crippen LogP contribution in [0.5, 0.6) is 5.75 Å². The summed E-state index contributed by atoms with van der Waals surface area (Å²) in [5, 5.41) is 33.7. The summed E-state index contributed by atoms with van der Waals surface area (Å²) in [4.78, 5) is 104. The number of amides is 4. The van der Waals surface area contributed by atoms with Gasteiger partial charge in [-0.15, -0.1) is 0 Å². The Labute approximate surface area is 873 Å². The summed E-state index contributed by atoms with van der Waals surface area (Å²) in [6.45, 7) is 30.6. The number of imidazole rings is 1. The Hall–Kier alpha value is -15.5. The molecule has 4 fully saturated rings. The molecule has 149 heavy (non-hydrogen) atoms. The van der Waals surface area contributed by atoms with Gasteiger partial charge in [0.2, 0.25) is 41.6 Å². The Morgan fingerprint density at radius 3 is 1.13 bits per heavy atom. The van der Waals surface area contributed by atoms with Crippen LogP contribution in [0.1, 0.15) is 272 Å². The standard InChI is InChI=1S/C25H30N6O.C24H31N5O.C23H29N5O.C22H26N6O.C22H27N5O2/c1-3-22(4-2)31-15-12-19-16-27-25(29-24(19)31)28-21-9-7-18(8-10-21)20-6-5-14-30(17-20)23(32)11-13-26;1-4-22(5-2)29-14-12-19-15-25-24(27-23(19)29)26-21-10-8-18(9-11-21)20-7-6-13-28(16-20)17(3)30;1-3-20(4-2)28-14-13-17-15-24-23(27-21(17)28)26-19-11-9-16(10-12-19)22(29)25-18-7-5-6-8-18;1-3-19(4-2)28-10-8-17-15-24-22(26-21(17)28)25-18-6-5-7-20(14-18)29-13-12-27-11-9-23-16-27;1-3-19(4-2)27-10-9-17-15-23-22(25-20(17)27)24-18-7-5-16(6-8-18)21(28)26-11-13-29-14-12-26/h7-10,12,15-16,20,22H,3-6,11,14,17H2,1-2H3,(H,27,28,29);8-12,14-15,20,22H,4-7,13,16H2,1-3H3,(H,25,26,27);9-15,18,20H,3-8H2,1-2H3,(H,25,29)(H,24,26,27);5-11,14-16,19H,3-4,12-13H2,1-2H3,(H,24,25,26);5-10,15,19H,3-4,11-14H2,1-2H3,(H,23,24,25). The second kappa shape index (κ2) is 52.2. The van der Waals surface area contributed by atoms with Gasteiger partial charge in [-0.3, -0.25) is 19.2 Å². The summed E-state index contributed by atoms with van der Waals surface area (Å²) in [5.74, 6) is 4.56. The number of hydrogen-bond donors (Lipinski definition) is 6. The molecule has 3 aliphatic heterocycles. The highest BCUT2D eigenvalue weighted by atomic mass is 16.5. The molecule has 3 saturated heterocycles. The minimum atomic E-state index is -0.0684. The Morgan fingerprint density at radius 2 is 0.772 bits per heavy atom. The second-order valence-corrected chi connectivity index (χ2v) is 38.7. The van der Waals surface area contributed by atoms with Crippen molar-refractivity contribution in [3.63, 3.8) is 0 Å². The van der Waals surface area contributed by atoms with Crippen LogP contribution in [0.4, 0.5) is 58.2 Å². The zero-order valence-electron chi connectivity index (χ0n) is 87.9. The molecule has 2 atom stereocenters. The van der Waals surface area contributed by atoms with E-state index in [1.807, 2.05) is 147 Å². The van der Waals surface area contributed by atoms with Crippen molar-refractivity contribution in [1.29, 1.82) is 5.26 Å². The van der Waals surface area contributed by atoms with Crippen molar-refractivity contribution in [1.82, 2.24) is 102 Å². The van der Waals surface area contributed by atoms with Gasteiger partial charge in [0, 0.05) is 241 Å². The van der Waals surface area contributed by atoms with E-state index in [4.69, 9.17) is 39.7 Å². The van der Waals surface area contributed by atoms with E-state index in [9.17, 15) is 19.2 Å². The van der Waals surface area contributed by atoms with Crippen LogP contribution in [0.2, 0.25) is 0 Å². The van der Waals surface area contributed by atoms with Gasteiger partial charge in [-0.2, -0.15) is 30.2 Å². The maximum Gasteiger partial charge on any atom is 0.254 e. The molecule has 14 heterocycles. The Balaban J connectivity index is 0.000000133. The molecular weight excluding hydrogens is 1870 g/mol. The number of rotatable bonds is 35. The van der Waals surface area contributed by atoms with E-state index in [-0.39, 0.29) is 30.0 Å². The van der Waals surface area contributed by atoms with Gasteiger partial charge in [0.05, 0.1) is 32.2 Å². The molecule has 1 saturated carbocycles. The predicted molar refractivity (Wildman–Crippen MR) is 592 cm³/mol. The molecule has 1 aliphatic carbocycles. The first-order valence-corrected chi connectivity index (χ1v) is 53.5. The Bertz CT molecular complexity index is 7060. The fourth-order valence-electron chi connectivity index (χ4n) is 20.4. The number of likely N-dealkylation sites (tertiary alicyclic amines) is 2. The fraction of sp³-hybridized carbons (Fsp3) is 0.414. The molecule has 16 aromatic rings. The highest BCUT2D eigenvalue weighted by Gasteiger charge is 2.29. The number of fused-ring (bicyclic) bond motifs is 5. The number of anilines is 10. The number of ether oxygens (including phenoxy) is 2. The fourth-order valence-corrected chi connectivity index (χ4v) is 20.4. The van der Waals surface area contributed by atoms with Gasteiger partial charge in [-0.25, -0.2) is 29.9 Å². The molecule has 0 radical (unpaired) electrons. The maximum atomic E-state index is 12.6. The van der Waals surface area contributed by atoms with E-state index >= 15 is 0 Å². The Kier molecular flexibility index (Phi) is 37.3. The number of nitrogens with one attached hydrogen (secondary N) is 6. The number of piperidine rings is 2. The quantitative estimate of drug-likeness (QED) is 0.0215. The van der Waals surface area contributed by atoms with Crippen molar-refractivity contribution in [3.8, 4) is 11.8 Å². The molecule has 2 unspecified atom stereocenters. The molecule has 4 aliphatic rings. The average Bonchev–Trinajstić information content (AvgIpc) is 1.73. The normalized spacial score (nSPS) is 14.8. The summed E-state index contributed by atoms with van der Waals surface area (Å²) in [5.41, 5.74) is 13.1. The topological polar surface area (TPSA) is 364 Å². The number of carbonyl (C=O) groups is 4. The third-order valence-electron chi connectivity index (χ3n) is 29.2. The van der Waals surface area contributed by atoms with Crippen LogP contribution in [0, 0.1) is 11.3 Å². The number of nitrogens with zero attached hydrogens (tertiary/aromatic N) is 21. The molecule has 20 rings (SSSR count). The average molecular weight is 2010 g/mol. The first-order valence-electron chi connectivity index (χ1n) is 53.5. The second-order valence-electron chi connectivity index (χ2n) is 38.7. The van der Waals surface area contributed by atoms with Crippen molar-refractivity contribution in [2.45, 2.75) is 253 Å². The van der Waals surface area contributed by atoms with Gasteiger partial charge in [-0.05, 0) is 229 Å². The number of morpholine rings is 1.